The van der Waals surface area contributed by atoms with Crippen LogP contribution in [0.15, 0.2) is 77.8 Å². The van der Waals surface area contributed by atoms with Gasteiger partial charge in [-0.1, -0.05) is 48.2 Å². The molecule has 0 saturated heterocycles. The van der Waals surface area contributed by atoms with E-state index in [9.17, 15) is 4.79 Å². The SMILES string of the molecule is CC(=O)c1cc(/N=C/c2ccc(C#Cc3ccccc3)cc2)ccc1C. The molecule has 0 aliphatic rings. The molecule has 2 heteroatoms. The molecule has 2 nitrogen and oxygen atoms in total. The van der Waals surface area contributed by atoms with Gasteiger partial charge in [0.05, 0.1) is 5.69 Å². The maximum atomic E-state index is 11.6. The van der Waals surface area contributed by atoms with E-state index >= 15 is 0 Å². The molecule has 0 aromatic heterocycles. The fraction of sp³-hybridized carbons (Fsp3) is 0.0833. The lowest BCUT2D eigenvalue weighted by Gasteiger charge is -2.02. The Morgan fingerprint density at radius 2 is 1.54 bits per heavy atom. The minimum atomic E-state index is 0.0564. The normalized spacial score (nSPS) is 10.4. The molecule has 3 rings (SSSR count). The predicted octanol–water partition coefficient (Wildman–Crippen LogP) is 5.35. The number of aryl methyl sites for hydroxylation is 1. The largest absolute Gasteiger partial charge is 0.294 e. The summed E-state index contributed by atoms with van der Waals surface area (Å²) in [5.74, 6) is 6.36. The van der Waals surface area contributed by atoms with Gasteiger partial charge in [0.15, 0.2) is 5.78 Å². The van der Waals surface area contributed by atoms with Crippen molar-refractivity contribution in [1.29, 1.82) is 0 Å². The molecule has 0 spiro atoms. The van der Waals surface area contributed by atoms with Crippen molar-refractivity contribution in [2.24, 2.45) is 4.99 Å². The van der Waals surface area contributed by atoms with E-state index in [4.69, 9.17) is 0 Å². The summed E-state index contributed by atoms with van der Waals surface area (Å²) in [6.45, 7) is 3.50. The molecule has 0 amide bonds. The summed E-state index contributed by atoms with van der Waals surface area (Å²) >= 11 is 0. The average Bonchev–Trinajstić information content (AvgIpc) is 2.67. The molecule has 3 aromatic rings. The second-order valence-electron chi connectivity index (χ2n) is 6.05. The highest BCUT2D eigenvalue weighted by atomic mass is 16.1. The van der Waals surface area contributed by atoms with E-state index in [1.807, 2.05) is 79.7 Å². The summed E-state index contributed by atoms with van der Waals surface area (Å²) in [5.41, 5.74) is 5.40. The second-order valence-corrected chi connectivity index (χ2v) is 6.05. The molecule has 3 aromatic carbocycles. The standard InChI is InChI=1S/C24H19NO/c1-18-8-15-23(16-24(18)19(2)26)25-17-22-13-11-21(12-14-22)10-9-20-6-4-3-5-7-20/h3-8,11-17H,1-2H3/b25-17+. The lowest BCUT2D eigenvalue weighted by molar-refractivity contribution is 0.101. The van der Waals surface area contributed by atoms with Crippen LogP contribution in [0.5, 0.6) is 0 Å². The maximum absolute atomic E-state index is 11.6. The Morgan fingerprint density at radius 1 is 0.885 bits per heavy atom. The van der Waals surface area contributed by atoms with E-state index in [1.54, 1.807) is 13.1 Å². The van der Waals surface area contributed by atoms with Gasteiger partial charge in [-0.25, -0.2) is 0 Å². The third-order valence-electron chi connectivity index (χ3n) is 4.00. The molecule has 0 atom stereocenters. The van der Waals surface area contributed by atoms with Gasteiger partial charge >= 0.3 is 0 Å². The lowest BCUT2D eigenvalue weighted by Crippen LogP contribution is -1.95. The number of ketones is 1. The molecule has 0 aliphatic carbocycles. The second kappa shape index (κ2) is 8.09. The highest BCUT2D eigenvalue weighted by Gasteiger charge is 2.04. The first-order valence-electron chi connectivity index (χ1n) is 8.44. The van der Waals surface area contributed by atoms with Crippen LogP contribution < -0.4 is 0 Å². The van der Waals surface area contributed by atoms with E-state index in [-0.39, 0.29) is 5.78 Å². The molecule has 0 bridgehead atoms. The van der Waals surface area contributed by atoms with Gasteiger partial charge in [0.1, 0.15) is 0 Å². The van der Waals surface area contributed by atoms with E-state index in [2.05, 4.69) is 16.8 Å². The number of rotatable bonds is 3. The number of benzene rings is 3. The third-order valence-corrected chi connectivity index (χ3v) is 4.00. The van der Waals surface area contributed by atoms with E-state index in [1.165, 1.54) is 0 Å². The van der Waals surface area contributed by atoms with Crippen LogP contribution in [0, 0.1) is 18.8 Å². The first-order valence-corrected chi connectivity index (χ1v) is 8.44. The Kier molecular flexibility index (Phi) is 5.41. The van der Waals surface area contributed by atoms with Crippen LogP contribution in [-0.4, -0.2) is 12.0 Å². The molecule has 0 saturated carbocycles. The maximum Gasteiger partial charge on any atom is 0.160 e. The summed E-state index contributed by atoms with van der Waals surface area (Å²) in [5, 5.41) is 0. The van der Waals surface area contributed by atoms with Crippen LogP contribution in [0.2, 0.25) is 0 Å². The Labute approximate surface area is 154 Å². The Bertz CT molecular complexity index is 1000. The molecule has 0 fully saturated rings. The molecule has 126 valence electrons. The van der Waals surface area contributed by atoms with Crippen molar-refractivity contribution in [3.63, 3.8) is 0 Å². The number of nitrogens with zero attached hydrogens (tertiary/aromatic N) is 1. The number of Topliss-reactive ketones (excluding diaryl/α,β-unsaturated/α-hetero) is 1. The Balaban J connectivity index is 1.74. The van der Waals surface area contributed by atoms with E-state index in [0.717, 1.165) is 27.9 Å². The van der Waals surface area contributed by atoms with Gasteiger partial charge in [-0.3, -0.25) is 9.79 Å². The van der Waals surface area contributed by atoms with Crippen molar-refractivity contribution in [2.75, 3.05) is 0 Å². The van der Waals surface area contributed by atoms with Crippen LogP contribution in [0.4, 0.5) is 5.69 Å². The zero-order valence-electron chi connectivity index (χ0n) is 14.9. The van der Waals surface area contributed by atoms with Crippen LogP contribution in [0.1, 0.15) is 39.5 Å². The molecule has 0 heterocycles. The summed E-state index contributed by atoms with van der Waals surface area (Å²) in [6.07, 6.45) is 1.79. The van der Waals surface area contributed by atoms with Gasteiger partial charge in [-0.05, 0) is 61.4 Å². The molecular formula is C24H19NO. The average molecular weight is 337 g/mol. The molecule has 0 aliphatic heterocycles. The lowest BCUT2D eigenvalue weighted by atomic mass is 10.0. The summed E-state index contributed by atoms with van der Waals surface area (Å²) in [7, 11) is 0. The Morgan fingerprint density at radius 3 is 2.19 bits per heavy atom. The van der Waals surface area contributed by atoms with Gasteiger partial charge in [-0.15, -0.1) is 0 Å². The number of carbonyl (C=O) groups is 1. The first kappa shape index (κ1) is 17.4. The monoisotopic (exact) mass is 337 g/mol. The Hall–Kier alpha value is -3.44. The summed E-state index contributed by atoms with van der Waals surface area (Å²) in [6, 6.07) is 23.5. The smallest absolute Gasteiger partial charge is 0.160 e. The number of carbonyl (C=O) groups excluding carboxylic acids is 1. The van der Waals surface area contributed by atoms with Gasteiger partial charge in [0.2, 0.25) is 0 Å². The van der Waals surface area contributed by atoms with Crippen LogP contribution in [0.25, 0.3) is 0 Å². The topological polar surface area (TPSA) is 29.4 Å². The minimum Gasteiger partial charge on any atom is -0.294 e. The minimum absolute atomic E-state index is 0.0564. The fourth-order valence-electron chi connectivity index (χ4n) is 2.54. The zero-order chi connectivity index (χ0) is 18.4. The van der Waals surface area contributed by atoms with Crippen LogP contribution in [-0.2, 0) is 0 Å². The van der Waals surface area contributed by atoms with Crippen molar-refractivity contribution in [3.05, 3.63) is 101 Å². The van der Waals surface area contributed by atoms with Crippen molar-refractivity contribution in [1.82, 2.24) is 0 Å². The highest BCUT2D eigenvalue weighted by molar-refractivity contribution is 5.96. The van der Waals surface area contributed by atoms with Crippen molar-refractivity contribution in [2.45, 2.75) is 13.8 Å². The van der Waals surface area contributed by atoms with Crippen molar-refractivity contribution >= 4 is 17.7 Å². The number of aliphatic imine (C=N–C) groups is 1. The van der Waals surface area contributed by atoms with Gasteiger partial charge < -0.3 is 0 Å². The third kappa shape index (κ3) is 4.55. The van der Waals surface area contributed by atoms with Gasteiger partial charge in [0.25, 0.3) is 0 Å². The highest BCUT2D eigenvalue weighted by Crippen LogP contribution is 2.18. The van der Waals surface area contributed by atoms with Crippen LogP contribution in [0.3, 0.4) is 0 Å². The number of hydrogen-bond acceptors (Lipinski definition) is 2. The van der Waals surface area contributed by atoms with E-state index in [0.29, 0.717) is 5.56 Å². The van der Waals surface area contributed by atoms with Gasteiger partial charge in [0, 0.05) is 22.9 Å². The molecule has 0 radical (unpaired) electrons. The molecule has 0 N–H and O–H groups in total. The van der Waals surface area contributed by atoms with Gasteiger partial charge in [-0.2, -0.15) is 0 Å². The number of hydrogen-bond donors (Lipinski definition) is 0. The van der Waals surface area contributed by atoms with Crippen molar-refractivity contribution < 1.29 is 4.79 Å². The first-order chi connectivity index (χ1) is 12.6. The summed E-state index contributed by atoms with van der Waals surface area (Å²) < 4.78 is 0. The summed E-state index contributed by atoms with van der Waals surface area (Å²) in [4.78, 5) is 16.1. The predicted molar refractivity (Wildman–Crippen MR) is 107 cm³/mol. The fourth-order valence-corrected chi connectivity index (χ4v) is 2.54. The van der Waals surface area contributed by atoms with Crippen LogP contribution >= 0.6 is 0 Å². The molecule has 0 unspecified atom stereocenters. The molecule has 26 heavy (non-hydrogen) atoms. The van der Waals surface area contributed by atoms with E-state index < -0.39 is 0 Å². The molecular weight excluding hydrogens is 318 g/mol. The van der Waals surface area contributed by atoms with Crippen molar-refractivity contribution in [3.8, 4) is 11.8 Å². The quantitative estimate of drug-likeness (QED) is 0.360. The zero-order valence-corrected chi connectivity index (χ0v) is 14.9.